The molecule has 0 rings (SSSR count). The second-order valence-electron chi connectivity index (χ2n) is 1.75. The van der Waals surface area contributed by atoms with Gasteiger partial charge in [-0.15, -0.1) is 0 Å². The maximum absolute atomic E-state index is 8.46. The van der Waals surface area contributed by atoms with Crippen LogP contribution < -0.4 is 0 Å². The monoisotopic (exact) mass is 198 g/mol. The summed E-state index contributed by atoms with van der Waals surface area (Å²) in [5.41, 5.74) is 0. The normalized spacial score (nSPS) is 8.18. The Bertz CT molecular complexity index is 49.4. The first-order valence-corrected chi connectivity index (χ1v) is 4.18. The zero-order valence-corrected chi connectivity index (χ0v) is 9.57. The van der Waals surface area contributed by atoms with Crippen molar-refractivity contribution >= 4 is 0 Å². The van der Waals surface area contributed by atoms with Crippen molar-refractivity contribution in [3.05, 3.63) is 0 Å². The second kappa shape index (κ2) is 16.8. The molecule has 0 fully saturated rings. The van der Waals surface area contributed by atoms with Crippen molar-refractivity contribution in [2.24, 2.45) is 0 Å². The molecule has 11 heavy (non-hydrogen) atoms. The predicted octanol–water partition coefficient (Wildman–Crippen LogP) is 1.34. The minimum absolute atomic E-state index is 0. The van der Waals surface area contributed by atoms with E-state index >= 15 is 0 Å². The molecule has 0 unspecified atom stereocenters. The molecule has 0 aromatic carbocycles. The van der Waals surface area contributed by atoms with Crippen molar-refractivity contribution < 1.29 is 23.7 Å². The van der Waals surface area contributed by atoms with E-state index in [2.05, 4.69) is 18.7 Å². The van der Waals surface area contributed by atoms with Gasteiger partial charge in [-0.05, 0) is 13.1 Å². The van der Waals surface area contributed by atoms with Gasteiger partial charge in [0.15, 0.2) is 0 Å². The van der Waals surface area contributed by atoms with Crippen LogP contribution in [0.25, 0.3) is 0 Å². The summed E-state index contributed by atoms with van der Waals surface area (Å²) in [6.45, 7) is 11.4. The molecule has 0 bridgehead atoms. The standard InChI is InChI=1S/C6H15NO.C2H6.V/c1-3-7(4-2)5-6-8;1-2;/h8H,3-6H2,1-2H3;1-2H3;. The minimum Gasteiger partial charge on any atom is -0.395 e. The van der Waals surface area contributed by atoms with Crippen molar-refractivity contribution in [2.75, 3.05) is 26.2 Å². The van der Waals surface area contributed by atoms with Crippen LogP contribution in [0.4, 0.5) is 0 Å². The fourth-order valence-electron chi connectivity index (χ4n) is 0.681. The number of aliphatic hydroxyl groups is 1. The van der Waals surface area contributed by atoms with E-state index in [4.69, 9.17) is 5.11 Å². The molecule has 0 saturated carbocycles. The quantitative estimate of drug-likeness (QED) is 0.737. The second-order valence-corrected chi connectivity index (χ2v) is 1.75. The average molecular weight is 198 g/mol. The van der Waals surface area contributed by atoms with Gasteiger partial charge < -0.3 is 10.0 Å². The molecule has 1 radical (unpaired) electrons. The number of aliphatic hydroxyl groups excluding tert-OH is 1. The van der Waals surface area contributed by atoms with Crippen molar-refractivity contribution in [2.45, 2.75) is 27.7 Å². The topological polar surface area (TPSA) is 23.5 Å². The van der Waals surface area contributed by atoms with Crippen molar-refractivity contribution in [1.82, 2.24) is 4.90 Å². The van der Waals surface area contributed by atoms with Crippen LogP contribution in [-0.4, -0.2) is 36.2 Å². The fourth-order valence-corrected chi connectivity index (χ4v) is 0.681. The Labute approximate surface area is 82.9 Å². The summed E-state index contributed by atoms with van der Waals surface area (Å²) in [7, 11) is 0. The molecule has 0 aliphatic heterocycles. The van der Waals surface area contributed by atoms with Gasteiger partial charge in [0.25, 0.3) is 0 Å². The Hall–Kier alpha value is 0.504. The van der Waals surface area contributed by atoms with E-state index in [1.165, 1.54) is 0 Å². The van der Waals surface area contributed by atoms with E-state index in [0.29, 0.717) is 0 Å². The smallest absolute Gasteiger partial charge is 0.0558 e. The van der Waals surface area contributed by atoms with Gasteiger partial charge in [-0.25, -0.2) is 0 Å². The zero-order chi connectivity index (χ0) is 8.41. The number of likely N-dealkylation sites (N-methyl/N-ethyl adjacent to an activating group) is 1. The molecule has 0 atom stereocenters. The van der Waals surface area contributed by atoms with E-state index < -0.39 is 0 Å². The molecule has 0 spiro atoms. The number of hydrogen-bond acceptors (Lipinski definition) is 2. The van der Waals surface area contributed by atoms with Crippen LogP contribution in [0.3, 0.4) is 0 Å². The Morgan fingerprint density at radius 3 is 1.55 bits per heavy atom. The first-order chi connectivity index (χ1) is 4.85. The summed E-state index contributed by atoms with van der Waals surface area (Å²) >= 11 is 0. The van der Waals surface area contributed by atoms with Gasteiger partial charge >= 0.3 is 0 Å². The Kier molecular flexibility index (Phi) is 26.9. The van der Waals surface area contributed by atoms with Crippen molar-refractivity contribution in [3.63, 3.8) is 0 Å². The third-order valence-corrected chi connectivity index (χ3v) is 1.31. The van der Waals surface area contributed by atoms with Gasteiger partial charge in [-0.3, -0.25) is 0 Å². The van der Waals surface area contributed by atoms with Crippen LogP contribution in [0.1, 0.15) is 27.7 Å². The van der Waals surface area contributed by atoms with Crippen LogP contribution >= 0.6 is 0 Å². The largest absolute Gasteiger partial charge is 0.395 e. The van der Waals surface area contributed by atoms with Gasteiger partial charge in [-0.2, -0.15) is 0 Å². The maximum Gasteiger partial charge on any atom is 0.0558 e. The first-order valence-electron chi connectivity index (χ1n) is 4.18. The van der Waals surface area contributed by atoms with E-state index in [0.717, 1.165) is 19.6 Å². The molecule has 0 aromatic rings. The summed E-state index contributed by atoms with van der Waals surface area (Å²) < 4.78 is 0. The molecule has 0 aliphatic carbocycles. The van der Waals surface area contributed by atoms with E-state index in [1.54, 1.807) is 0 Å². The Morgan fingerprint density at radius 2 is 1.45 bits per heavy atom. The van der Waals surface area contributed by atoms with E-state index in [9.17, 15) is 0 Å². The Morgan fingerprint density at radius 1 is 1.09 bits per heavy atom. The van der Waals surface area contributed by atoms with E-state index in [1.807, 2.05) is 13.8 Å². The van der Waals surface area contributed by atoms with Crippen molar-refractivity contribution in [1.29, 1.82) is 0 Å². The Balaban J connectivity index is -0.000000196. The summed E-state index contributed by atoms with van der Waals surface area (Å²) in [5, 5.41) is 8.46. The van der Waals surface area contributed by atoms with Gasteiger partial charge in [0.1, 0.15) is 0 Å². The van der Waals surface area contributed by atoms with Crippen molar-refractivity contribution in [3.8, 4) is 0 Å². The molecule has 0 saturated heterocycles. The summed E-state index contributed by atoms with van der Waals surface area (Å²) in [6.07, 6.45) is 0. The fraction of sp³-hybridized carbons (Fsp3) is 1.00. The number of rotatable bonds is 4. The summed E-state index contributed by atoms with van der Waals surface area (Å²) in [6, 6.07) is 0. The molecule has 0 aromatic heterocycles. The van der Waals surface area contributed by atoms with Crippen LogP contribution in [-0.2, 0) is 18.6 Å². The molecular weight excluding hydrogens is 177 g/mol. The van der Waals surface area contributed by atoms with Gasteiger partial charge in [0.2, 0.25) is 0 Å². The number of hydrogen-bond donors (Lipinski definition) is 1. The summed E-state index contributed by atoms with van der Waals surface area (Å²) in [5.74, 6) is 0. The third kappa shape index (κ3) is 13.5. The first kappa shape index (κ1) is 17.6. The minimum atomic E-state index is 0. The SMILES string of the molecule is CC.CCN(CC)CCO.[V]. The third-order valence-electron chi connectivity index (χ3n) is 1.31. The van der Waals surface area contributed by atoms with Gasteiger partial charge in [0, 0.05) is 25.1 Å². The zero-order valence-electron chi connectivity index (χ0n) is 8.17. The maximum atomic E-state index is 8.46. The van der Waals surface area contributed by atoms with Gasteiger partial charge in [0.05, 0.1) is 6.61 Å². The molecule has 2 nitrogen and oxygen atoms in total. The molecule has 0 heterocycles. The predicted molar refractivity (Wildman–Crippen MR) is 46.2 cm³/mol. The van der Waals surface area contributed by atoms with Crippen LogP contribution in [0.15, 0.2) is 0 Å². The average Bonchev–Trinajstić information content (AvgIpc) is 2.04. The van der Waals surface area contributed by atoms with Gasteiger partial charge in [-0.1, -0.05) is 27.7 Å². The van der Waals surface area contributed by atoms with Crippen LogP contribution in [0.2, 0.25) is 0 Å². The molecule has 69 valence electrons. The van der Waals surface area contributed by atoms with E-state index in [-0.39, 0.29) is 25.2 Å². The molecule has 1 N–H and O–H groups in total. The van der Waals surface area contributed by atoms with Crippen LogP contribution in [0.5, 0.6) is 0 Å². The molecular formula is C8H21NOV. The number of nitrogens with zero attached hydrogens (tertiary/aromatic N) is 1. The molecule has 0 amide bonds. The summed E-state index contributed by atoms with van der Waals surface area (Å²) in [4.78, 5) is 2.18. The van der Waals surface area contributed by atoms with Crippen LogP contribution in [0, 0.1) is 0 Å². The molecule has 0 aliphatic rings. The molecule has 3 heteroatoms.